The van der Waals surface area contributed by atoms with E-state index in [1.54, 1.807) is 30.4 Å². The SMILES string of the molecule is O=S(=O)(O)c1cccc(N=C2C=CC(=C(c3ccc(Nc4cccc(S(=O)(=O)O)c4)cc3)c3ccc(Nc4cccc(S(=O)(=O)O)c4)cc3)C=C2)c1. The molecular formula is C37H29N3O9S3. The Morgan fingerprint density at radius 1 is 0.462 bits per heavy atom. The minimum absolute atomic E-state index is 0.241. The number of anilines is 4. The van der Waals surface area contributed by atoms with Crippen molar-refractivity contribution in [2.24, 2.45) is 4.99 Å². The lowest BCUT2D eigenvalue weighted by atomic mass is 9.90. The maximum atomic E-state index is 11.6. The van der Waals surface area contributed by atoms with E-state index in [0.29, 0.717) is 34.1 Å². The highest BCUT2D eigenvalue weighted by Crippen LogP contribution is 2.33. The van der Waals surface area contributed by atoms with Crippen LogP contribution in [0.1, 0.15) is 11.1 Å². The van der Waals surface area contributed by atoms with E-state index in [0.717, 1.165) is 22.3 Å². The molecule has 0 spiro atoms. The van der Waals surface area contributed by atoms with Gasteiger partial charge in [-0.05, 0) is 113 Å². The van der Waals surface area contributed by atoms with Crippen LogP contribution in [-0.4, -0.2) is 44.6 Å². The van der Waals surface area contributed by atoms with Crippen LogP contribution in [0.25, 0.3) is 5.57 Å². The van der Waals surface area contributed by atoms with Crippen molar-refractivity contribution in [3.05, 3.63) is 162 Å². The van der Waals surface area contributed by atoms with Crippen molar-refractivity contribution in [2.75, 3.05) is 10.6 Å². The van der Waals surface area contributed by atoms with Gasteiger partial charge in [-0.3, -0.25) is 13.7 Å². The van der Waals surface area contributed by atoms with Gasteiger partial charge in [-0.15, -0.1) is 0 Å². The number of nitrogens with zero attached hydrogens (tertiary/aromatic N) is 1. The number of aliphatic imine (C=N–C) groups is 1. The summed E-state index contributed by atoms with van der Waals surface area (Å²) in [5.74, 6) is 0. The second-order valence-electron chi connectivity index (χ2n) is 11.4. The van der Waals surface area contributed by atoms with Gasteiger partial charge in [0.05, 0.1) is 26.1 Å². The largest absolute Gasteiger partial charge is 0.355 e. The molecule has 52 heavy (non-hydrogen) atoms. The van der Waals surface area contributed by atoms with Crippen LogP contribution in [0.15, 0.2) is 171 Å². The first-order valence-corrected chi connectivity index (χ1v) is 19.6. The van der Waals surface area contributed by atoms with Gasteiger partial charge in [-0.25, -0.2) is 4.99 Å². The average molecular weight is 756 g/mol. The minimum atomic E-state index is -4.40. The molecule has 0 atom stereocenters. The molecule has 5 N–H and O–H groups in total. The standard InChI is InChI=1S/C37H29N3O9S3/c41-50(42,43)34-7-1-4-31(22-34)38-28-16-10-25(11-17-28)37(26-12-18-29(19-13-26)39-32-5-2-8-35(23-32)51(44,45)46)27-14-20-30(21-15-27)40-33-6-3-9-36(24-33)52(47,48)49/h1-24,38-39H,(H,41,42,43)(H,44,45,46)(H,47,48,49). The van der Waals surface area contributed by atoms with Crippen LogP contribution in [0.4, 0.5) is 28.4 Å². The summed E-state index contributed by atoms with van der Waals surface area (Å²) in [6, 6.07) is 32.0. The molecule has 264 valence electrons. The van der Waals surface area contributed by atoms with E-state index in [4.69, 9.17) is 0 Å². The van der Waals surface area contributed by atoms with Crippen LogP contribution in [-0.2, 0) is 30.4 Å². The number of nitrogens with one attached hydrogen (secondary N) is 2. The molecule has 0 aromatic heterocycles. The van der Waals surface area contributed by atoms with Crippen LogP contribution in [0.3, 0.4) is 0 Å². The van der Waals surface area contributed by atoms with Crippen LogP contribution < -0.4 is 10.6 Å². The molecule has 5 aromatic carbocycles. The smallest absolute Gasteiger partial charge is 0.294 e. The topological polar surface area (TPSA) is 200 Å². The maximum Gasteiger partial charge on any atom is 0.294 e. The van der Waals surface area contributed by atoms with Crippen molar-refractivity contribution < 1.29 is 38.9 Å². The quantitative estimate of drug-likeness (QED) is 0.0879. The third-order valence-corrected chi connectivity index (χ3v) is 10.3. The van der Waals surface area contributed by atoms with E-state index in [-0.39, 0.29) is 14.7 Å². The lowest BCUT2D eigenvalue weighted by molar-refractivity contribution is 0.481. The minimum Gasteiger partial charge on any atom is -0.355 e. The van der Waals surface area contributed by atoms with E-state index in [1.807, 2.05) is 60.7 Å². The molecule has 0 unspecified atom stereocenters. The number of rotatable bonds is 10. The van der Waals surface area contributed by atoms with E-state index >= 15 is 0 Å². The predicted octanol–water partition coefficient (Wildman–Crippen LogP) is 7.61. The summed E-state index contributed by atoms with van der Waals surface area (Å²) >= 11 is 0. The Bertz CT molecular complexity index is 2490. The Hall–Kier alpha value is -5.68. The molecule has 0 saturated heterocycles. The fraction of sp³-hybridized carbons (Fsp3) is 0. The monoisotopic (exact) mass is 755 g/mol. The highest BCUT2D eigenvalue weighted by atomic mass is 32.2. The van der Waals surface area contributed by atoms with Gasteiger partial charge in [-0.2, -0.15) is 25.3 Å². The Morgan fingerprint density at radius 3 is 1.29 bits per heavy atom. The van der Waals surface area contributed by atoms with Gasteiger partial charge >= 0.3 is 0 Å². The Morgan fingerprint density at radius 2 is 0.865 bits per heavy atom. The summed E-state index contributed by atoms with van der Waals surface area (Å²) in [5.41, 5.74) is 6.39. The van der Waals surface area contributed by atoms with E-state index in [1.165, 1.54) is 54.6 Å². The molecule has 15 heteroatoms. The van der Waals surface area contributed by atoms with Gasteiger partial charge in [0.2, 0.25) is 0 Å². The zero-order chi connectivity index (χ0) is 37.1. The van der Waals surface area contributed by atoms with Gasteiger partial charge in [0.25, 0.3) is 30.4 Å². The third kappa shape index (κ3) is 8.96. The summed E-state index contributed by atoms with van der Waals surface area (Å²) in [6.45, 7) is 0. The summed E-state index contributed by atoms with van der Waals surface area (Å²) in [6.07, 6.45) is 7.26. The molecule has 0 fully saturated rings. The number of benzene rings is 5. The van der Waals surface area contributed by atoms with Gasteiger partial charge < -0.3 is 10.6 Å². The van der Waals surface area contributed by atoms with Crippen LogP contribution >= 0.6 is 0 Å². The van der Waals surface area contributed by atoms with Crippen molar-refractivity contribution >= 4 is 70.1 Å². The predicted molar refractivity (Wildman–Crippen MR) is 200 cm³/mol. The molecule has 0 saturated carbocycles. The second kappa shape index (κ2) is 14.5. The number of allylic oxidation sites excluding steroid dienone is 5. The Kier molecular flexibility index (Phi) is 10.1. The van der Waals surface area contributed by atoms with Crippen molar-refractivity contribution in [2.45, 2.75) is 14.7 Å². The summed E-state index contributed by atoms with van der Waals surface area (Å²) in [5, 5.41) is 6.28. The van der Waals surface area contributed by atoms with Crippen LogP contribution in [0, 0.1) is 0 Å². The first kappa shape index (κ1) is 36.1. The third-order valence-electron chi connectivity index (χ3n) is 7.72. The van der Waals surface area contributed by atoms with Gasteiger partial charge in [0.15, 0.2) is 0 Å². The molecule has 1 aliphatic carbocycles. The molecule has 0 bridgehead atoms. The van der Waals surface area contributed by atoms with Gasteiger partial charge in [-0.1, -0.05) is 54.6 Å². The molecule has 0 amide bonds. The first-order valence-electron chi connectivity index (χ1n) is 15.3. The lowest BCUT2D eigenvalue weighted by Crippen LogP contribution is -2.00. The fourth-order valence-electron chi connectivity index (χ4n) is 5.31. The highest BCUT2D eigenvalue weighted by molar-refractivity contribution is 7.86. The first-order chi connectivity index (χ1) is 24.6. The summed E-state index contributed by atoms with van der Waals surface area (Å²) in [7, 11) is -13.2. The maximum absolute atomic E-state index is 11.6. The lowest BCUT2D eigenvalue weighted by Gasteiger charge is -2.16. The number of hydrogen-bond donors (Lipinski definition) is 5. The Labute approximate surface area is 300 Å². The summed E-state index contributed by atoms with van der Waals surface area (Å²) < 4.78 is 97.9. The van der Waals surface area contributed by atoms with E-state index in [9.17, 15) is 38.9 Å². The Balaban J connectivity index is 1.33. The highest BCUT2D eigenvalue weighted by Gasteiger charge is 2.15. The van der Waals surface area contributed by atoms with Gasteiger partial charge in [0, 0.05) is 22.7 Å². The second-order valence-corrected chi connectivity index (χ2v) is 15.7. The average Bonchev–Trinajstić information content (AvgIpc) is 3.10. The molecule has 0 aliphatic heterocycles. The molecule has 0 heterocycles. The van der Waals surface area contributed by atoms with Crippen molar-refractivity contribution in [1.29, 1.82) is 0 Å². The molecule has 12 nitrogen and oxygen atoms in total. The van der Waals surface area contributed by atoms with Crippen molar-refractivity contribution in [1.82, 2.24) is 0 Å². The van der Waals surface area contributed by atoms with Crippen LogP contribution in [0.5, 0.6) is 0 Å². The molecule has 6 rings (SSSR count). The van der Waals surface area contributed by atoms with Crippen LogP contribution in [0.2, 0.25) is 0 Å². The molecule has 0 radical (unpaired) electrons. The van der Waals surface area contributed by atoms with Gasteiger partial charge in [0.1, 0.15) is 0 Å². The molecule has 1 aliphatic rings. The van der Waals surface area contributed by atoms with E-state index < -0.39 is 30.4 Å². The van der Waals surface area contributed by atoms with Crippen molar-refractivity contribution in [3.63, 3.8) is 0 Å². The number of hydrogen-bond acceptors (Lipinski definition) is 9. The fourth-order valence-corrected chi connectivity index (χ4v) is 6.88. The molecular weight excluding hydrogens is 727 g/mol. The normalized spacial score (nSPS) is 13.1. The van der Waals surface area contributed by atoms with Crippen molar-refractivity contribution in [3.8, 4) is 0 Å². The molecule has 5 aromatic rings. The zero-order valence-corrected chi connectivity index (χ0v) is 29.3. The zero-order valence-electron chi connectivity index (χ0n) is 26.8. The summed E-state index contributed by atoms with van der Waals surface area (Å²) in [4.78, 5) is 3.75. The van der Waals surface area contributed by atoms with E-state index in [2.05, 4.69) is 15.6 Å².